The van der Waals surface area contributed by atoms with Gasteiger partial charge in [0.15, 0.2) is 6.29 Å². The van der Waals surface area contributed by atoms with Crippen LogP contribution in [0.4, 0.5) is 0 Å². The number of nitrogens with zero attached hydrogens (tertiary/aromatic N) is 2. The van der Waals surface area contributed by atoms with Crippen molar-refractivity contribution in [3.63, 3.8) is 0 Å². The zero-order chi connectivity index (χ0) is 12.2. The van der Waals surface area contributed by atoms with Crippen molar-refractivity contribution in [1.82, 2.24) is 9.78 Å². The van der Waals surface area contributed by atoms with E-state index in [0.717, 1.165) is 5.56 Å². The Bertz CT molecular complexity index is 319. The first kappa shape index (κ1) is 13.2. The molecule has 1 unspecified atom stereocenters. The summed E-state index contributed by atoms with van der Waals surface area (Å²) in [4.78, 5) is 0. The predicted octanol–water partition coefficient (Wildman–Crippen LogP) is 0.723. The smallest absolute Gasteiger partial charge is 0.159 e. The van der Waals surface area contributed by atoms with E-state index in [1.165, 1.54) is 0 Å². The van der Waals surface area contributed by atoms with E-state index in [-0.39, 0.29) is 6.29 Å². The molecular formula is C11H20N2O3. The molecule has 92 valence electrons. The van der Waals surface area contributed by atoms with E-state index in [9.17, 15) is 5.11 Å². The Hall–Kier alpha value is -0.910. The minimum atomic E-state index is -0.861. The van der Waals surface area contributed by atoms with Crippen molar-refractivity contribution < 1.29 is 14.6 Å². The van der Waals surface area contributed by atoms with Crippen molar-refractivity contribution >= 4 is 0 Å². The Morgan fingerprint density at radius 3 is 2.56 bits per heavy atom. The van der Waals surface area contributed by atoms with Crippen LogP contribution in [-0.4, -0.2) is 41.0 Å². The molecule has 0 spiro atoms. The van der Waals surface area contributed by atoms with Gasteiger partial charge in [-0.15, -0.1) is 0 Å². The van der Waals surface area contributed by atoms with Crippen LogP contribution in [0, 0.1) is 0 Å². The normalized spacial score (nSPS) is 15.4. The lowest BCUT2D eigenvalue weighted by Crippen LogP contribution is -2.33. The first-order valence-corrected chi connectivity index (χ1v) is 5.22. The van der Waals surface area contributed by atoms with Gasteiger partial charge >= 0.3 is 0 Å². The second kappa shape index (κ2) is 5.43. The largest absolute Gasteiger partial charge is 0.390 e. The minimum absolute atomic E-state index is 0.383. The first-order valence-electron chi connectivity index (χ1n) is 5.22. The molecule has 0 amide bonds. The molecule has 0 saturated heterocycles. The van der Waals surface area contributed by atoms with Crippen LogP contribution in [0.15, 0.2) is 12.4 Å². The SMILES string of the molecule is COC(CC(C)(O)Cc1cnn(C)c1)OC. The van der Waals surface area contributed by atoms with Crippen LogP contribution >= 0.6 is 0 Å². The number of aliphatic hydroxyl groups is 1. The number of rotatable bonds is 6. The minimum Gasteiger partial charge on any atom is -0.390 e. The highest BCUT2D eigenvalue weighted by Crippen LogP contribution is 2.19. The van der Waals surface area contributed by atoms with E-state index in [1.807, 2.05) is 13.2 Å². The number of hydrogen-bond acceptors (Lipinski definition) is 4. The van der Waals surface area contributed by atoms with E-state index in [2.05, 4.69) is 5.10 Å². The van der Waals surface area contributed by atoms with Gasteiger partial charge in [0.1, 0.15) is 0 Å². The van der Waals surface area contributed by atoms with Gasteiger partial charge < -0.3 is 14.6 Å². The highest BCUT2D eigenvalue weighted by molar-refractivity contribution is 5.07. The standard InChI is InChI=1S/C11H20N2O3/c1-11(14,6-10(15-3)16-4)5-9-7-12-13(2)8-9/h7-8,10,14H,5-6H2,1-4H3. The van der Waals surface area contributed by atoms with Gasteiger partial charge in [-0.05, 0) is 12.5 Å². The molecule has 0 saturated carbocycles. The number of ether oxygens (including phenoxy) is 2. The molecule has 0 fully saturated rings. The molecule has 0 aliphatic carbocycles. The van der Waals surface area contributed by atoms with Crippen molar-refractivity contribution in [2.45, 2.75) is 31.7 Å². The Balaban J connectivity index is 2.57. The van der Waals surface area contributed by atoms with Gasteiger partial charge in [-0.25, -0.2) is 0 Å². The molecule has 5 heteroatoms. The summed E-state index contributed by atoms with van der Waals surface area (Å²) in [7, 11) is 4.98. The van der Waals surface area contributed by atoms with Crippen LogP contribution < -0.4 is 0 Å². The fourth-order valence-electron chi connectivity index (χ4n) is 1.70. The van der Waals surface area contributed by atoms with Gasteiger partial charge in [-0.3, -0.25) is 4.68 Å². The molecule has 0 aliphatic rings. The van der Waals surface area contributed by atoms with Gasteiger partial charge in [0.2, 0.25) is 0 Å². The molecular weight excluding hydrogens is 208 g/mol. The van der Waals surface area contributed by atoms with Gasteiger partial charge in [0.25, 0.3) is 0 Å². The third kappa shape index (κ3) is 3.92. The summed E-state index contributed by atoms with van der Waals surface area (Å²) >= 11 is 0. The zero-order valence-electron chi connectivity index (χ0n) is 10.3. The molecule has 1 heterocycles. The fourth-order valence-corrected chi connectivity index (χ4v) is 1.70. The molecule has 16 heavy (non-hydrogen) atoms. The van der Waals surface area contributed by atoms with Crippen LogP contribution in [-0.2, 0) is 22.9 Å². The summed E-state index contributed by atoms with van der Waals surface area (Å²) in [6.45, 7) is 1.77. The second-order valence-corrected chi connectivity index (χ2v) is 4.30. The fraction of sp³-hybridized carbons (Fsp3) is 0.727. The number of methoxy groups -OCH3 is 2. The topological polar surface area (TPSA) is 56.5 Å². The summed E-state index contributed by atoms with van der Waals surface area (Å²) in [5, 5.41) is 14.3. The molecule has 1 aromatic heterocycles. The molecule has 1 N–H and O–H groups in total. The first-order chi connectivity index (χ1) is 7.46. The summed E-state index contributed by atoms with van der Waals surface area (Å²) in [6, 6.07) is 0. The summed E-state index contributed by atoms with van der Waals surface area (Å²) < 4.78 is 11.9. The Labute approximate surface area is 96.0 Å². The molecule has 0 aromatic carbocycles. The van der Waals surface area contributed by atoms with Gasteiger partial charge in [-0.2, -0.15) is 5.10 Å². The van der Waals surface area contributed by atoms with Crippen molar-refractivity contribution in [1.29, 1.82) is 0 Å². The van der Waals surface area contributed by atoms with Gasteiger partial charge in [0, 0.05) is 40.3 Å². The van der Waals surface area contributed by atoms with E-state index in [1.54, 1.807) is 32.0 Å². The summed E-state index contributed by atoms with van der Waals surface area (Å²) in [5.74, 6) is 0. The summed E-state index contributed by atoms with van der Waals surface area (Å²) in [5.41, 5.74) is 0.137. The van der Waals surface area contributed by atoms with Gasteiger partial charge in [0.05, 0.1) is 11.8 Å². The molecule has 1 rings (SSSR count). The van der Waals surface area contributed by atoms with Crippen LogP contribution in [0.2, 0.25) is 0 Å². The maximum Gasteiger partial charge on any atom is 0.159 e. The van der Waals surface area contributed by atoms with Gasteiger partial charge in [-0.1, -0.05) is 0 Å². The lowest BCUT2D eigenvalue weighted by Gasteiger charge is -2.26. The van der Waals surface area contributed by atoms with E-state index >= 15 is 0 Å². The Kier molecular flexibility index (Phi) is 4.46. The summed E-state index contributed by atoms with van der Waals surface area (Å²) in [6.07, 6.45) is 4.22. The molecule has 0 aliphatic heterocycles. The van der Waals surface area contributed by atoms with E-state index in [4.69, 9.17) is 9.47 Å². The molecule has 1 atom stereocenters. The Morgan fingerprint density at radius 1 is 1.50 bits per heavy atom. The van der Waals surface area contributed by atoms with E-state index in [0.29, 0.717) is 12.8 Å². The van der Waals surface area contributed by atoms with Crippen molar-refractivity contribution in [3.8, 4) is 0 Å². The van der Waals surface area contributed by atoms with Crippen molar-refractivity contribution in [2.24, 2.45) is 7.05 Å². The molecule has 1 aromatic rings. The monoisotopic (exact) mass is 228 g/mol. The Morgan fingerprint density at radius 2 is 2.12 bits per heavy atom. The van der Waals surface area contributed by atoms with Crippen LogP contribution in [0.1, 0.15) is 18.9 Å². The second-order valence-electron chi connectivity index (χ2n) is 4.30. The zero-order valence-corrected chi connectivity index (χ0v) is 10.3. The lowest BCUT2D eigenvalue weighted by atomic mass is 9.94. The predicted molar refractivity (Wildman–Crippen MR) is 60.0 cm³/mol. The average Bonchev–Trinajstić information content (AvgIpc) is 2.59. The number of aromatic nitrogens is 2. The maximum absolute atomic E-state index is 10.2. The quantitative estimate of drug-likeness (QED) is 0.729. The van der Waals surface area contributed by atoms with Crippen molar-refractivity contribution in [3.05, 3.63) is 18.0 Å². The van der Waals surface area contributed by atoms with Crippen LogP contribution in [0.3, 0.4) is 0 Å². The highest BCUT2D eigenvalue weighted by Gasteiger charge is 2.26. The molecule has 5 nitrogen and oxygen atoms in total. The van der Waals surface area contributed by atoms with Crippen LogP contribution in [0.5, 0.6) is 0 Å². The van der Waals surface area contributed by atoms with E-state index < -0.39 is 5.60 Å². The number of hydrogen-bond donors (Lipinski definition) is 1. The lowest BCUT2D eigenvalue weighted by molar-refractivity contribution is -0.139. The molecule has 0 bridgehead atoms. The average molecular weight is 228 g/mol. The van der Waals surface area contributed by atoms with Crippen LogP contribution in [0.25, 0.3) is 0 Å². The third-order valence-electron chi connectivity index (χ3n) is 2.48. The highest BCUT2D eigenvalue weighted by atomic mass is 16.7. The molecule has 0 radical (unpaired) electrons. The third-order valence-corrected chi connectivity index (χ3v) is 2.48. The van der Waals surface area contributed by atoms with Crippen molar-refractivity contribution in [2.75, 3.05) is 14.2 Å². The number of aryl methyl sites for hydroxylation is 1. The maximum atomic E-state index is 10.2.